The van der Waals surface area contributed by atoms with Gasteiger partial charge in [-0.2, -0.15) is 4.31 Å². The van der Waals surface area contributed by atoms with Gasteiger partial charge in [0.25, 0.3) is 0 Å². The SMILES string of the molecule is CNC(=O)C1CCN(c2ccc(S(=O)(=O)N3CCOCC3)cc2C(=O)OC)CC1. The summed E-state index contributed by atoms with van der Waals surface area (Å²) in [6.07, 6.45) is 1.32. The Bertz CT molecular complexity index is 859. The van der Waals surface area contributed by atoms with Crippen LogP contribution < -0.4 is 10.2 Å². The Balaban J connectivity index is 1.87. The number of nitrogens with zero attached hydrogens (tertiary/aromatic N) is 2. The lowest BCUT2D eigenvalue weighted by atomic mass is 9.95. The standard InChI is InChI=1S/C19H27N3O6S/c1-20-18(23)14-5-7-21(8-6-14)17-4-3-15(13-16(17)19(24)27-2)29(25,26)22-9-11-28-12-10-22/h3-4,13-14H,5-12H2,1-2H3,(H,20,23). The molecule has 2 saturated heterocycles. The zero-order valence-corrected chi connectivity index (χ0v) is 17.5. The molecule has 29 heavy (non-hydrogen) atoms. The zero-order chi connectivity index (χ0) is 21.0. The Morgan fingerprint density at radius 1 is 1.14 bits per heavy atom. The summed E-state index contributed by atoms with van der Waals surface area (Å²) in [5.41, 5.74) is 0.827. The number of morpholine rings is 1. The maximum Gasteiger partial charge on any atom is 0.340 e. The lowest BCUT2D eigenvalue weighted by Crippen LogP contribution is -2.41. The van der Waals surface area contributed by atoms with Gasteiger partial charge < -0.3 is 19.7 Å². The van der Waals surface area contributed by atoms with Crippen molar-refractivity contribution < 1.29 is 27.5 Å². The molecule has 0 saturated carbocycles. The molecule has 0 bridgehead atoms. The molecule has 0 atom stereocenters. The van der Waals surface area contributed by atoms with Crippen molar-refractivity contribution in [3.63, 3.8) is 0 Å². The zero-order valence-electron chi connectivity index (χ0n) is 16.7. The first-order valence-corrected chi connectivity index (χ1v) is 11.1. The summed E-state index contributed by atoms with van der Waals surface area (Å²) in [5.74, 6) is -0.629. The maximum absolute atomic E-state index is 12.9. The number of amides is 1. The van der Waals surface area contributed by atoms with Gasteiger partial charge in [0.2, 0.25) is 15.9 Å². The van der Waals surface area contributed by atoms with Crippen molar-refractivity contribution in [2.45, 2.75) is 17.7 Å². The Morgan fingerprint density at radius 3 is 2.38 bits per heavy atom. The average molecular weight is 426 g/mol. The third-order valence-corrected chi connectivity index (χ3v) is 7.33. The van der Waals surface area contributed by atoms with Crippen LogP contribution in [0, 0.1) is 5.92 Å². The van der Waals surface area contributed by atoms with Crippen molar-refractivity contribution in [1.82, 2.24) is 9.62 Å². The van der Waals surface area contributed by atoms with E-state index in [4.69, 9.17) is 9.47 Å². The van der Waals surface area contributed by atoms with Gasteiger partial charge in [-0.3, -0.25) is 4.79 Å². The molecular weight excluding hydrogens is 398 g/mol. The fourth-order valence-corrected chi connectivity index (χ4v) is 5.18. The molecule has 1 N–H and O–H groups in total. The van der Waals surface area contributed by atoms with E-state index in [2.05, 4.69) is 5.32 Å². The Hall–Kier alpha value is -2.17. The van der Waals surface area contributed by atoms with Gasteiger partial charge in [-0.1, -0.05) is 0 Å². The highest BCUT2D eigenvalue weighted by molar-refractivity contribution is 7.89. The third kappa shape index (κ3) is 4.54. The predicted octanol–water partition coefficient (Wildman–Crippen LogP) is 0.457. The van der Waals surface area contributed by atoms with E-state index in [1.165, 1.54) is 23.5 Å². The molecule has 9 nitrogen and oxygen atoms in total. The maximum atomic E-state index is 12.9. The molecule has 1 aromatic rings. The van der Waals surface area contributed by atoms with Gasteiger partial charge in [0.15, 0.2) is 0 Å². The lowest BCUT2D eigenvalue weighted by molar-refractivity contribution is -0.125. The summed E-state index contributed by atoms with van der Waals surface area (Å²) in [6.45, 7) is 2.45. The number of benzene rings is 1. The minimum absolute atomic E-state index is 0.0183. The Morgan fingerprint density at radius 2 is 1.79 bits per heavy atom. The summed E-state index contributed by atoms with van der Waals surface area (Å²) < 4.78 is 37.4. The van der Waals surface area contributed by atoms with Crippen molar-refractivity contribution in [1.29, 1.82) is 0 Å². The number of hydrogen-bond donors (Lipinski definition) is 1. The van der Waals surface area contributed by atoms with E-state index in [9.17, 15) is 18.0 Å². The second-order valence-corrected chi connectivity index (χ2v) is 9.00. The number of ether oxygens (including phenoxy) is 2. The number of carbonyl (C=O) groups is 2. The first kappa shape index (κ1) is 21.5. The van der Waals surface area contributed by atoms with Gasteiger partial charge in [0, 0.05) is 39.1 Å². The Kier molecular flexibility index (Phi) is 6.76. The van der Waals surface area contributed by atoms with Crippen LogP contribution in [-0.4, -0.2) is 78.1 Å². The molecule has 2 heterocycles. The quantitative estimate of drug-likeness (QED) is 0.683. The number of esters is 1. The Labute approximate surface area is 171 Å². The van der Waals surface area contributed by atoms with Crippen molar-refractivity contribution in [2.75, 3.05) is 58.5 Å². The summed E-state index contributed by atoms with van der Waals surface area (Å²) in [5, 5.41) is 2.67. The number of carbonyl (C=O) groups excluding carboxylic acids is 2. The minimum atomic E-state index is -3.72. The first-order chi connectivity index (χ1) is 13.9. The van der Waals surface area contributed by atoms with Crippen LogP contribution in [-0.2, 0) is 24.3 Å². The number of methoxy groups -OCH3 is 1. The minimum Gasteiger partial charge on any atom is -0.465 e. The van der Waals surface area contributed by atoms with Gasteiger partial charge in [-0.05, 0) is 31.0 Å². The van der Waals surface area contributed by atoms with Crippen LogP contribution in [0.15, 0.2) is 23.1 Å². The van der Waals surface area contributed by atoms with E-state index in [1.807, 2.05) is 4.90 Å². The molecule has 10 heteroatoms. The second kappa shape index (κ2) is 9.10. The van der Waals surface area contributed by atoms with Crippen molar-refractivity contribution in [3.8, 4) is 0 Å². The van der Waals surface area contributed by atoms with Gasteiger partial charge in [-0.25, -0.2) is 13.2 Å². The van der Waals surface area contributed by atoms with E-state index < -0.39 is 16.0 Å². The van der Waals surface area contributed by atoms with Crippen LogP contribution in [0.2, 0.25) is 0 Å². The van der Waals surface area contributed by atoms with E-state index in [0.29, 0.717) is 44.8 Å². The van der Waals surface area contributed by atoms with Crippen LogP contribution in [0.5, 0.6) is 0 Å². The third-order valence-electron chi connectivity index (χ3n) is 5.43. The summed E-state index contributed by atoms with van der Waals surface area (Å²) in [7, 11) is -0.829. The number of nitrogens with one attached hydrogen (secondary N) is 1. The molecule has 1 amide bonds. The first-order valence-electron chi connectivity index (χ1n) is 9.65. The fraction of sp³-hybridized carbons (Fsp3) is 0.579. The molecule has 2 aliphatic rings. The molecular formula is C19H27N3O6S. The molecule has 0 unspecified atom stereocenters. The molecule has 2 fully saturated rings. The van der Waals surface area contributed by atoms with Crippen LogP contribution >= 0.6 is 0 Å². The fourth-order valence-electron chi connectivity index (χ4n) is 3.75. The molecule has 160 valence electrons. The highest BCUT2D eigenvalue weighted by atomic mass is 32.2. The van der Waals surface area contributed by atoms with Gasteiger partial charge in [0.05, 0.1) is 36.5 Å². The molecule has 0 spiro atoms. The topological polar surface area (TPSA) is 105 Å². The largest absolute Gasteiger partial charge is 0.465 e. The monoisotopic (exact) mass is 425 g/mol. The average Bonchev–Trinajstić information content (AvgIpc) is 2.78. The highest BCUT2D eigenvalue weighted by Crippen LogP contribution is 2.30. The second-order valence-electron chi connectivity index (χ2n) is 7.06. The highest BCUT2D eigenvalue weighted by Gasteiger charge is 2.30. The lowest BCUT2D eigenvalue weighted by Gasteiger charge is -2.34. The summed E-state index contributed by atoms with van der Waals surface area (Å²) >= 11 is 0. The van der Waals surface area contributed by atoms with Gasteiger partial charge in [-0.15, -0.1) is 0 Å². The van der Waals surface area contributed by atoms with E-state index in [1.54, 1.807) is 13.1 Å². The van der Waals surface area contributed by atoms with E-state index in [-0.39, 0.29) is 35.4 Å². The van der Waals surface area contributed by atoms with Crippen LogP contribution in [0.4, 0.5) is 5.69 Å². The molecule has 3 rings (SSSR count). The summed E-state index contributed by atoms with van der Waals surface area (Å²) in [6, 6.07) is 4.56. The molecule has 0 aromatic heterocycles. The number of anilines is 1. The number of hydrogen-bond acceptors (Lipinski definition) is 7. The smallest absolute Gasteiger partial charge is 0.340 e. The van der Waals surface area contributed by atoms with Gasteiger partial charge >= 0.3 is 5.97 Å². The number of rotatable bonds is 5. The summed E-state index contributed by atoms with van der Waals surface area (Å²) in [4.78, 5) is 26.3. The van der Waals surface area contributed by atoms with Gasteiger partial charge in [0.1, 0.15) is 0 Å². The van der Waals surface area contributed by atoms with Crippen molar-refractivity contribution >= 4 is 27.6 Å². The number of sulfonamides is 1. The predicted molar refractivity (Wildman–Crippen MR) is 106 cm³/mol. The van der Waals surface area contributed by atoms with Crippen molar-refractivity contribution in [2.24, 2.45) is 5.92 Å². The normalized spacial score (nSPS) is 19.0. The van der Waals surface area contributed by atoms with Crippen LogP contribution in [0.3, 0.4) is 0 Å². The molecule has 0 radical (unpaired) electrons. The van der Waals surface area contributed by atoms with Crippen LogP contribution in [0.1, 0.15) is 23.2 Å². The van der Waals surface area contributed by atoms with Crippen LogP contribution in [0.25, 0.3) is 0 Å². The molecule has 2 aliphatic heterocycles. The molecule has 0 aliphatic carbocycles. The molecule has 1 aromatic carbocycles. The number of piperidine rings is 1. The van der Waals surface area contributed by atoms with E-state index in [0.717, 1.165) is 0 Å². The van der Waals surface area contributed by atoms with E-state index >= 15 is 0 Å². The van der Waals surface area contributed by atoms with Crippen molar-refractivity contribution in [3.05, 3.63) is 23.8 Å².